The Morgan fingerprint density at radius 3 is 2.53 bits per heavy atom. The molecule has 0 saturated carbocycles. The molecular weight excluding hydrogens is 255 g/mol. The molecule has 0 spiro atoms. The fraction of sp³-hybridized carbons (Fsp3) is 0.182. The Morgan fingerprint density at radius 2 is 2.06 bits per heavy atom. The van der Waals surface area contributed by atoms with Crippen LogP contribution in [0.3, 0.4) is 0 Å². The van der Waals surface area contributed by atoms with E-state index in [0.717, 1.165) is 18.2 Å². The molecule has 92 valence electrons. The van der Waals surface area contributed by atoms with Crippen LogP contribution in [0.25, 0.3) is 0 Å². The molecule has 0 heterocycles. The molecule has 0 radical (unpaired) electrons. The molecule has 1 aromatic rings. The van der Waals surface area contributed by atoms with Crippen LogP contribution in [0.15, 0.2) is 30.4 Å². The van der Waals surface area contributed by atoms with E-state index in [-0.39, 0.29) is 10.7 Å². The Labute approximate surface area is 101 Å². The standard InChI is InChI=1S/C11H9ClF3NO/c1-2-3-10(17)16-9-5-4-7(6-8(9)12)11(13,14)15/h2-6H,1H3,(H,16,17). The molecule has 1 rings (SSSR count). The van der Waals surface area contributed by atoms with Gasteiger partial charge in [-0.1, -0.05) is 17.7 Å². The average Bonchev–Trinajstić information content (AvgIpc) is 2.20. The van der Waals surface area contributed by atoms with Gasteiger partial charge in [0.2, 0.25) is 5.91 Å². The third-order valence-electron chi connectivity index (χ3n) is 1.87. The normalized spacial score (nSPS) is 11.8. The molecule has 0 aromatic heterocycles. The highest BCUT2D eigenvalue weighted by Gasteiger charge is 2.30. The van der Waals surface area contributed by atoms with Crippen molar-refractivity contribution in [2.45, 2.75) is 13.1 Å². The number of nitrogens with one attached hydrogen (secondary N) is 1. The van der Waals surface area contributed by atoms with Gasteiger partial charge < -0.3 is 5.32 Å². The van der Waals surface area contributed by atoms with Gasteiger partial charge in [-0.15, -0.1) is 0 Å². The fourth-order valence-electron chi connectivity index (χ4n) is 1.12. The van der Waals surface area contributed by atoms with Gasteiger partial charge in [0.15, 0.2) is 0 Å². The highest BCUT2D eigenvalue weighted by molar-refractivity contribution is 6.33. The van der Waals surface area contributed by atoms with Gasteiger partial charge in [-0.3, -0.25) is 4.79 Å². The smallest absolute Gasteiger partial charge is 0.321 e. The van der Waals surface area contributed by atoms with Crippen molar-refractivity contribution in [3.63, 3.8) is 0 Å². The first-order valence-corrected chi connectivity index (χ1v) is 5.03. The zero-order valence-corrected chi connectivity index (χ0v) is 9.56. The van der Waals surface area contributed by atoms with Gasteiger partial charge in [0.1, 0.15) is 0 Å². The zero-order valence-electron chi connectivity index (χ0n) is 8.81. The van der Waals surface area contributed by atoms with Crippen molar-refractivity contribution in [1.29, 1.82) is 0 Å². The summed E-state index contributed by atoms with van der Waals surface area (Å²) >= 11 is 5.64. The quantitative estimate of drug-likeness (QED) is 0.806. The van der Waals surface area contributed by atoms with Crippen molar-refractivity contribution in [1.82, 2.24) is 0 Å². The Hall–Kier alpha value is -1.49. The van der Waals surface area contributed by atoms with Crippen molar-refractivity contribution in [3.8, 4) is 0 Å². The van der Waals surface area contributed by atoms with Gasteiger partial charge in [-0.05, 0) is 31.2 Å². The summed E-state index contributed by atoms with van der Waals surface area (Å²) in [6.07, 6.45) is -1.70. The number of halogens is 4. The number of anilines is 1. The Kier molecular flexibility index (Phi) is 4.17. The van der Waals surface area contributed by atoms with Crippen LogP contribution in [0, 0.1) is 0 Å². The number of hydrogen-bond donors (Lipinski definition) is 1. The summed E-state index contributed by atoms with van der Waals surface area (Å²) < 4.78 is 37.0. The number of alkyl halides is 3. The second kappa shape index (κ2) is 5.23. The van der Waals surface area contributed by atoms with Gasteiger partial charge in [-0.2, -0.15) is 13.2 Å². The summed E-state index contributed by atoms with van der Waals surface area (Å²) in [6.45, 7) is 1.65. The fourth-order valence-corrected chi connectivity index (χ4v) is 1.35. The first-order valence-electron chi connectivity index (χ1n) is 4.65. The number of carbonyl (C=O) groups excluding carboxylic acids is 1. The van der Waals surface area contributed by atoms with E-state index in [9.17, 15) is 18.0 Å². The first-order chi connectivity index (χ1) is 7.84. The molecule has 0 atom stereocenters. The van der Waals surface area contributed by atoms with E-state index in [2.05, 4.69) is 5.32 Å². The first kappa shape index (κ1) is 13.6. The summed E-state index contributed by atoms with van der Waals surface area (Å²) in [7, 11) is 0. The number of carbonyl (C=O) groups is 1. The van der Waals surface area contributed by atoms with Crippen molar-refractivity contribution in [3.05, 3.63) is 40.9 Å². The number of allylic oxidation sites excluding steroid dienone is 1. The van der Waals surface area contributed by atoms with E-state index in [1.165, 1.54) is 12.2 Å². The van der Waals surface area contributed by atoms with E-state index in [1.54, 1.807) is 6.92 Å². The molecule has 0 bridgehead atoms. The van der Waals surface area contributed by atoms with Crippen molar-refractivity contribution < 1.29 is 18.0 Å². The largest absolute Gasteiger partial charge is 0.416 e. The molecule has 0 saturated heterocycles. The minimum Gasteiger partial charge on any atom is -0.321 e. The number of amides is 1. The molecular formula is C11H9ClF3NO. The topological polar surface area (TPSA) is 29.1 Å². The molecule has 0 aliphatic rings. The van der Waals surface area contributed by atoms with Crippen LogP contribution in [0.4, 0.5) is 18.9 Å². The van der Waals surface area contributed by atoms with E-state index < -0.39 is 17.6 Å². The van der Waals surface area contributed by atoms with Crippen LogP contribution >= 0.6 is 11.6 Å². The van der Waals surface area contributed by atoms with Crippen LogP contribution in [0.1, 0.15) is 12.5 Å². The molecule has 1 N–H and O–H groups in total. The molecule has 0 unspecified atom stereocenters. The molecule has 0 aliphatic carbocycles. The van der Waals surface area contributed by atoms with Crippen molar-refractivity contribution in [2.75, 3.05) is 5.32 Å². The van der Waals surface area contributed by atoms with Gasteiger partial charge in [0.05, 0.1) is 16.3 Å². The summed E-state index contributed by atoms with van der Waals surface area (Å²) in [5, 5.41) is 2.21. The summed E-state index contributed by atoms with van der Waals surface area (Å²) in [5.41, 5.74) is -0.714. The summed E-state index contributed by atoms with van der Waals surface area (Å²) in [5.74, 6) is -0.450. The van der Waals surface area contributed by atoms with Gasteiger partial charge >= 0.3 is 6.18 Å². The summed E-state index contributed by atoms with van der Waals surface area (Å²) in [4.78, 5) is 11.2. The minimum absolute atomic E-state index is 0.141. The maximum absolute atomic E-state index is 12.3. The van der Waals surface area contributed by atoms with Crippen LogP contribution in [-0.4, -0.2) is 5.91 Å². The lowest BCUT2D eigenvalue weighted by atomic mass is 10.2. The maximum Gasteiger partial charge on any atom is 0.416 e. The highest BCUT2D eigenvalue weighted by Crippen LogP contribution is 2.33. The molecule has 6 heteroatoms. The maximum atomic E-state index is 12.3. The van der Waals surface area contributed by atoms with E-state index in [4.69, 9.17) is 11.6 Å². The van der Waals surface area contributed by atoms with Crippen LogP contribution < -0.4 is 5.32 Å². The van der Waals surface area contributed by atoms with Crippen LogP contribution in [0.5, 0.6) is 0 Å². The summed E-state index contributed by atoms with van der Waals surface area (Å²) in [6, 6.07) is 2.75. The van der Waals surface area contributed by atoms with Crippen molar-refractivity contribution >= 4 is 23.2 Å². The SMILES string of the molecule is CC=CC(=O)Nc1ccc(C(F)(F)F)cc1Cl. The third kappa shape index (κ3) is 3.78. The molecule has 17 heavy (non-hydrogen) atoms. The van der Waals surface area contributed by atoms with E-state index >= 15 is 0 Å². The molecule has 0 aliphatic heterocycles. The third-order valence-corrected chi connectivity index (χ3v) is 2.19. The molecule has 1 amide bonds. The molecule has 1 aromatic carbocycles. The number of benzene rings is 1. The van der Waals surface area contributed by atoms with Crippen molar-refractivity contribution in [2.24, 2.45) is 0 Å². The monoisotopic (exact) mass is 263 g/mol. The lowest BCUT2D eigenvalue weighted by Gasteiger charge is -2.10. The van der Waals surface area contributed by atoms with Gasteiger partial charge in [0, 0.05) is 0 Å². The predicted octanol–water partition coefficient (Wildman–Crippen LogP) is 3.87. The lowest BCUT2D eigenvalue weighted by molar-refractivity contribution is -0.137. The van der Waals surface area contributed by atoms with Crippen LogP contribution in [-0.2, 0) is 11.0 Å². The Morgan fingerprint density at radius 1 is 1.41 bits per heavy atom. The minimum atomic E-state index is -4.45. The van der Waals surface area contributed by atoms with E-state index in [0.29, 0.717) is 0 Å². The predicted molar refractivity (Wildman–Crippen MR) is 59.9 cm³/mol. The second-order valence-electron chi connectivity index (χ2n) is 3.18. The second-order valence-corrected chi connectivity index (χ2v) is 3.59. The lowest BCUT2D eigenvalue weighted by Crippen LogP contribution is -2.09. The average molecular weight is 264 g/mol. The zero-order chi connectivity index (χ0) is 13.1. The molecule has 0 fully saturated rings. The van der Waals surface area contributed by atoms with E-state index in [1.807, 2.05) is 0 Å². The number of rotatable bonds is 2. The van der Waals surface area contributed by atoms with Crippen LogP contribution in [0.2, 0.25) is 5.02 Å². The van der Waals surface area contributed by atoms with Gasteiger partial charge in [-0.25, -0.2) is 0 Å². The Balaban J connectivity index is 2.95. The van der Waals surface area contributed by atoms with Gasteiger partial charge in [0.25, 0.3) is 0 Å². The molecule has 2 nitrogen and oxygen atoms in total. The highest BCUT2D eigenvalue weighted by atomic mass is 35.5. The number of hydrogen-bond acceptors (Lipinski definition) is 1. The Bertz CT molecular complexity index is 455.